The van der Waals surface area contributed by atoms with E-state index in [0.717, 1.165) is 50.5 Å². The van der Waals surface area contributed by atoms with E-state index in [-0.39, 0.29) is 5.91 Å². The highest BCUT2D eigenvalue weighted by Crippen LogP contribution is 2.30. The lowest BCUT2D eigenvalue weighted by Crippen LogP contribution is -2.32. The predicted octanol–water partition coefficient (Wildman–Crippen LogP) is 2.45. The van der Waals surface area contributed by atoms with Gasteiger partial charge in [-0.2, -0.15) is 0 Å². The van der Waals surface area contributed by atoms with Crippen molar-refractivity contribution in [3.8, 4) is 0 Å². The molecule has 0 aromatic heterocycles. The Morgan fingerprint density at radius 3 is 2.39 bits per heavy atom. The fourth-order valence-electron chi connectivity index (χ4n) is 3.50. The van der Waals surface area contributed by atoms with E-state index >= 15 is 0 Å². The Kier molecular flexibility index (Phi) is 5.04. The summed E-state index contributed by atoms with van der Waals surface area (Å²) in [4.78, 5) is 11.9. The smallest absolute Gasteiger partial charge is 0.220 e. The molecule has 2 atom stereocenters. The number of nitrogens with two attached hydrogens (primary N) is 1. The summed E-state index contributed by atoms with van der Waals surface area (Å²) in [5.74, 6) is 2.41. The molecule has 2 fully saturated rings. The first-order valence-electron chi connectivity index (χ1n) is 7.65. The highest BCUT2D eigenvalue weighted by Gasteiger charge is 2.23. The normalized spacial score (nSPS) is 36.6. The molecule has 3 N–H and O–H groups in total. The number of hydrogen-bond donors (Lipinski definition) is 2. The first kappa shape index (κ1) is 13.9. The van der Waals surface area contributed by atoms with Gasteiger partial charge >= 0.3 is 0 Å². The molecule has 18 heavy (non-hydrogen) atoms. The molecule has 2 aliphatic carbocycles. The van der Waals surface area contributed by atoms with Crippen molar-refractivity contribution < 1.29 is 4.79 Å². The minimum atomic E-state index is 0.259. The Labute approximate surface area is 111 Å². The van der Waals surface area contributed by atoms with Gasteiger partial charge in [0.25, 0.3) is 0 Å². The van der Waals surface area contributed by atoms with E-state index in [1.807, 2.05) is 0 Å². The van der Waals surface area contributed by atoms with Crippen LogP contribution in [0, 0.1) is 17.8 Å². The van der Waals surface area contributed by atoms with Gasteiger partial charge in [-0.25, -0.2) is 0 Å². The summed E-state index contributed by atoms with van der Waals surface area (Å²) in [6.07, 6.45) is 9.09. The summed E-state index contributed by atoms with van der Waals surface area (Å²) >= 11 is 0. The zero-order chi connectivity index (χ0) is 13.0. The van der Waals surface area contributed by atoms with E-state index in [1.54, 1.807) is 0 Å². The molecule has 0 spiro atoms. The molecule has 3 nitrogen and oxygen atoms in total. The van der Waals surface area contributed by atoms with Crippen LogP contribution >= 0.6 is 0 Å². The van der Waals surface area contributed by atoms with Crippen LogP contribution in [-0.2, 0) is 4.79 Å². The van der Waals surface area contributed by atoms with Gasteiger partial charge in [0.15, 0.2) is 0 Å². The molecule has 3 heteroatoms. The van der Waals surface area contributed by atoms with Crippen molar-refractivity contribution in [1.29, 1.82) is 0 Å². The average Bonchev–Trinajstić information content (AvgIpc) is 2.76. The summed E-state index contributed by atoms with van der Waals surface area (Å²) in [7, 11) is 0. The number of carbonyl (C=O) groups excluding carboxylic acids is 1. The van der Waals surface area contributed by atoms with Crippen LogP contribution < -0.4 is 11.1 Å². The van der Waals surface area contributed by atoms with Crippen molar-refractivity contribution in [2.75, 3.05) is 6.54 Å². The second kappa shape index (κ2) is 6.55. The van der Waals surface area contributed by atoms with E-state index in [4.69, 9.17) is 5.73 Å². The zero-order valence-corrected chi connectivity index (χ0v) is 11.7. The average molecular weight is 252 g/mol. The van der Waals surface area contributed by atoms with Crippen molar-refractivity contribution in [3.05, 3.63) is 0 Å². The van der Waals surface area contributed by atoms with Gasteiger partial charge < -0.3 is 11.1 Å². The monoisotopic (exact) mass is 252 g/mol. The third-order valence-corrected chi connectivity index (χ3v) is 4.76. The van der Waals surface area contributed by atoms with E-state index in [9.17, 15) is 4.79 Å². The molecule has 2 rings (SSSR count). The zero-order valence-electron chi connectivity index (χ0n) is 11.7. The number of hydrogen-bond acceptors (Lipinski definition) is 2. The predicted molar refractivity (Wildman–Crippen MR) is 74.1 cm³/mol. The summed E-state index contributed by atoms with van der Waals surface area (Å²) in [5.41, 5.74) is 5.88. The summed E-state index contributed by atoms with van der Waals surface area (Å²) < 4.78 is 0. The van der Waals surface area contributed by atoms with Crippen LogP contribution in [-0.4, -0.2) is 18.5 Å². The molecule has 2 saturated carbocycles. The van der Waals surface area contributed by atoms with Crippen LogP contribution in [0.3, 0.4) is 0 Å². The van der Waals surface area contributed by atoms with E-state index in [2.05, 4.69) is 12.2 Å². The lowest BCUT2D eigenvalue weighted by molar-refractivity contribution is -0.122. The molecule has 0 heterocycles. The van der Waals surface area contributed by atoms with Gasteiger partial charge in [0.1, 0.15) is 0 Å². The van der Waals surface area contributed by atoms with Crippen molar-refractivity contribution in [3.63, 3.8) is 0 Å². The van der Waals surface area contributed by atoms with Crippen molar-refractivity contribution in [2.24, 2.45) is 23.5 Å². The minimum absolute atomic E-state index is 0.259. The van der Waals surface area contributed by atoms with Crippen LogP contribution in [0.15, 0.2) is 0 Å². The van der Waals surface area contributed by atoms with Crippen molar-refractivity contribution in [2.45, 2.75) is 64.3 Å². The standard InChI is InChI=1S/C15H28N2O/c1-11-2-3-13(8-11)10-17-15(18)9-12-4-6-14(16)7-5-12/h11-14H,2-10,16H2,1H3,(H,17,18). The fourth-order valence-corrected chi connectivity index (χ4v) is 3.50. The maximum Gasteiger partial charge on any atom is 0.220 e. The van der Waals surface area contributed by atoms with Gasteiger partial charge in [0.2, 0.25) is 5.91 Å². The molecule has 0 saturated heterocycles. The Bertz CT molecular complexity index is 272. The topological polar surface area (TPSA) is 55.1 Å². The molecule has 0 aliphatic heterocycles. The first-order valence-corrected chi connectivity index (χ1v) is 7.65. The van der Waals surface area contributed by atoms with E-state index in [0.29, 0.717) is 12.0 Å². The van der Waals surface area contributed by atoms with Gasteiger partial charge in [-0.1, -0.05) is 13.3 Å². The summed E-state index contributed by atoms with van der Waals surface area (Å²) in [5, 5.41) is 3.13. The van der Waals surface area contributed by atoms with Gasteiger partial charge in [0, 0.05) is 19.0 Å². The lowest BCUT2D eigenvalue weighted by Gasteiger charge is -2.25. The second-order valence-electron chi connectivity index (χ2n) is 6.57. The number of rotatable bonds is 4. The van der Waals surface area contributed by atoms with Gasteiger partial charge in [-0.15, -0.1) is 0 Å². The van der Waals surface area contributed by atoms with Crippen LogP contribution in [0.2, 0.25) is 0 Å². The highest BCUT2D eigenvalue weighted by molar-refractivity contribution is 5.76. The van der Waals surface area contributed by atoms with E-state index in [1.165, 1.54) is 19.3 Å². The Morgan fingerprint density at radius 2 is 1.78 bits per heavy atom. The fraction of sp³-hybridized carbons (Fsp3) is 0.933. The third kappa shape index (κ3) is 4.27. The maximum atomic E-state index is 11.9. The van der Waals surface area contributed by atoms with Crippen molar-refractivity contribution in [1.82, 2.24) is 5.32 Å². The Balaban J connectivity index is 1.60. The largest absolute Gasteiger partial charge is 0.356 e. The molecule has 0 aromatic rings. The minimum Gasteiger partial charge on any atom is -0.356 e. The third-order valence-electron chi connectivity index (χ3n) is 4.76. The summed E-state index contributed by atoms with van der Waals surface area (Å²) in [6, 6.07) is 0.379. The summed E-state index contributed by atoms with van der Waals surface area (Å²) in [6.45, 7) is 3.21. The van der Waals surface area contributed by atoms with Crippen molar-refractivity contribution >= 4 is 5.91 Å². The molecule has 0 bridgehead atoms. The van der Waals surface area contributed by atoms with Gasteiger partial charge in [0.05, 0.1) is 0 Å². The molecular weight excluding hydrogens is 224 g/mol. The Morgan fingerprint density at radius 1 is 1.11 bits per heavy atom. The van der Waals surface area contributed by atoms with Crippen LogP contribution in [0.25, 0.3) is 0 Å². The maximum absolute atomic E-state index is 11.9. The molecule has 1 amide bonds. The number of amides is 1. The van der Waals surface area contributed by atoms with E-state index < -0.39 is 0 Å². The molecule has 0 radical (unpaired) electrons. The number of nitrogens with one attached hydrogen (secondary N) is 1. The molecule has 2 unspecified atom stereocenters. The first-order chi connectivity index (χ1) is 8.63. The Hall–Kier alpha value is -0.570. The van der Waals surface area contributed by atoms with Crippen LogP contribution in [0.5, 0.6) is 0 Å². The number of carbonyl (C=O) groups is 1. The SMILES string of the molecule is CC1CCC(CNC(=O)CC2CCC(N)CC2)C1. The van der Waals surface area contributed by atoms with Gasteiger partial charge in [-0.05, 0) is 56.3 Å². The second-order valence-corrected chi connectivity index (χ2v) is 6.57. The molecule has 2 aliphatic rings. The molecule has 104 valence electrons. The highest BCUT2D eigenvalue weighted by atomic mass is 16.1. The lowest BCUT2D eigenvalue weighted by atomic mass is 9.84. The van der Waals surface area contributed by atoms with Crippen LogP contribution in [0.4, 0.5) is 0 Å². The van der Waals surface area contributed by atoms with Gasteiger partial charge in [-0.3, -0.25) is 4.79 Å². The quantitative estimate of drug-likeness (QED) is 0.807. The van der Waals surface area contributed by atoms with Crippen LogP contribution in [0.1, 0.15) is 58.3 Å². The molecular formula is C15H28N2O. The molecule has 0 aromatic carbocycles.